The molecular weight excluding hydrogens is 559 g/mol. The Kier molecular flexibility index (Phi) is 24.5. The fraction of sp³-hybridized carbons (Fsp3) is 0. The molecule has 2 radical (unpaired) electrons. The minimum Gasteiger partial charge on any atom is -0.581 e. The third-order valence-electron chi connectivity index (χ3n) is 2.78. The van der Waals surface area contributed by atoms with Crippen molar-refractivity contribution < 1.29 is 55.3 Å². The Labute approximate surface area is 212 Å². The minimum atomic E-state index is -1.75. The molecule has 0 spiro atoms. The first kappa shape index (κ1) is 37.4. The summed E-state index contributed by atoms with van der Waals surface area (Å²) in [5.41, 5.74) is 3.38. The minimum absolute atomic E-state index is 0. The summed E-state index contributed by atoms with van der Waals surface area (Å²) in [5.74, 6) is 0. The van der Waals surface area contributed by atoms with E-state index in [1.54, 1.807) is 24.8 Å². The molecule has 4 aromatic heterocycles. The van der Waals surface area contributed by atoms with E-state index in [9.17, 15) is 0 Å². The zero-order valence-corrected chi connectivity index (χ0v) is 18.6. The zero-order chi connectivity index (χ0) is 22.2. The first-order valence-corrected chi connectivity index (χ1v) is 7.74. The summed E-state index contributed by atoms with van der Waals surface area (Å²) in [7, 11) is 0. The van der Waals surface area contributed by atoms with Gasteiger partial charge in [-0.1, -0.05) is 24.3 Å². The molecule has 0 saturated carbocycles. The van der Waals surface area contributed by atoms with E-state index in [1.165, 1.54) is 0 Å². The van der Waals surface area contributed by atoms with Gasteiger partial charge in [0.25, 0.3) is 0 Å². The van der Waals surface area contributed by atoms with Gasteiger partial charge in [0, 0.05) is 12.4 Å². The van der Waals surface area contributed by atoms with Crippen molar-refractivity contribution >= 4 is 0 Å². The van der Waals surface area contributed by atoms with E-state index in [2.05, 4.69) is 30.4 Å². The predicted octanol–water partition coefficient (Wildman–Crippen LogP) is -0.125. The standard InChI is InChI=1S/2C8H6N3.2Cu.2NO3.2H2O/c2*1-2-5-9-7(3-1)8-4-6-10-11-8;;;2*2-1(3)4;;/h2*1-6H;;;;;2*1H2/q2*-1;2*+2;2*-1;;/p+2. The normalized spacial score (nSPS) is 7.76. The molecule has 0 aromatic carbocycles. The number of aromatic nitrogens is 6. The fourth-order valence-corrected chi connectivity index (χ4v) is 1.77. The molecule has 0 aliphatic rings. The average Bonchev–Trinajstić information content (AvgIpc) is 3.43. The van der Waals surface area contributed by atoms with Crippen LogP contribution in [0.3, 0.4) is 0 Å². The molecule has 6 N–H and O–H groups in total. The number of hydrogen-bond donors (Lipinski definition) is 0. The van der Waals surface area contributed by atoms with Crippen LogP contribution in [0.15, 0.2) is 73.3 Å². The number of pyridine rings is 2. The van der Waals surface area contributed by atoms with E-state index in [0.29, 0.717) is 0 Å². The third-order valence-corrected chi connectivity index (χ3v) is 2.78. The Bertz CT molecular complexity index is 891. The Morgan fingerprint density at radius 2 is 0.912 bits per heavy atom. The molecule has 0 unspecified atom stereocenters. The van der Waals surface area contributed by atoms with Crippen molar-refractivity contribution in [2.24, 2.45) is 0 Å². The zero-order valence-electron chi connectivity index (χ0n) is 16.7. The average molecular weight is 577 g/mol. The van der Waals surface area contributed by atoms with Crippen molar-refractivity contribution in [3.8, 4) is 22.8 Å². The molecule has 34 heavy (non-hydrogen) atoms. The van der Waals surface area contributed by atoms with Crippen molar-refractivity contribution in [1.82, 2.24) is 30.4 Å². The van der Waals surface area contributed by atoms with Gasteiger partial charge in [-0.3, -0.25) is 9.97 Å². The molecule has 0 aliphatic heterocycles. The molecule has 0 bridgehead atoms. The summed E-state index contributed by atoms with van der Waals surface area (Å²) >= 11 is 0. The van der Waals surface area contributed by atoms with E-state index in [0.717, 1.165) is 22.8 Å². The number of hydrogen-bond acceptors (Lipinski definition) is 10. The van der Waals surface area contributed by atoms with Gasteiger partial charge in [-0.25, -0.2) is 0 Å². The van der Waals surface area contributed by atoms with Crippen LogP contribution in [0.1, 0.15) is 0 Å². The molecule has 4 heterocycles. The maximum absolute atomic E-state index is 8.25. The molecular formula is C16H18Cu2N8O8+2. The second-order valence-corrected chi connectivity index (χ2v) is 4.71. The second-order valence-electron chi connectivity index (χ2n) is 4.71. The van der Waals surface area contributed by atoms with E-state index >= 15 is 0 Å². The van der Waals surface area contributed by atoms with Crippen molar-refractivity contribution in [3.63, 3.8) is 0 Å². The first-order chi connectivity index (χ1) is 14.4. The Morgan fingerprint density at radius 3 is 1.12 bits per heavy atom. The smallest absolute Gasteiger partial charge is 0.581 e. The molecule has 0 fully saturated rings. The van der Waals surface area contributed by atoms with Gasteiger partial charge < -0.3 is 62.0 Å². The quantitative estimate of drug-likeness (QED) is 0.130. The van der Waals surface area contributed by atoms with E-state index in [4.69, 9.17) is 30.6 Å². The third kappa shape index (κ3) is 17.7. The van der Waals surface area contributed by atoms with Crippen molar-refractivity contribution in [2.45, 2.75) is 0 Å². The SMILES string of the molecule is O=[N+]([O-])[O-].O=[N+]([O-])[O-].[Cu+2].[Cu+2].[OH3+].[OH3+].c1ccc(-c2cc[n-]n2)nc1.c1ccc(-c2cc[n-]n2)nc1. The van der Waals surface area contributed by atoms with Crippen molar-refractivity contribution in [1.29, 1.82) is 0 Å². The largest absolute Gasteiger partial charge is 2.00 e. The van der Waals surface area contributed by atoms with E-state index in [1.807, 2.05) is 48.5 Å². The fourth-order valence-electron chi connectivity index (χ4n) is 1.77. The number of rotatable bonds is 2. The summed E-state index contributed by atoms with van der Waals surface area (Å²) in [6, 6.07) is 15.1. The van der Waals surface area contributed by atoms with Gasteiger partial charge in [0.15, 0.2) is 0 Å². The summed E-state index contributed by atoms with van der Waals surface area (Å²) in [4.78, 5) is 24.7. The molecule has 16 nitrogen and oxygen atoms in total. The van der Waals surface area contributed by atoms with Gasteiger partial charge in [-0.05, 0) is 24.3 Å². The van der Waals surface area contributed by atoms with Gasteiger partial charge in [-0.2, -0.15) is 12.4 Å². The van der Waals surface area contributed by atoms with Gasteiger partial charge in [0.2, 0.25) is 0 Å². The van der Waals surface area contributed by atoms with Crippen molar-refractivity contribution in [3.05, 3.63) is 104 Å². The van der Waals surface area contributed by atoms with Crippen LogP contribution in [0.5, 0.6) is 0 Å². The molecule has 4 rings (SSSR count). The van der Waals surface area contributed by atoms with E-state index < -0.39 is 10.2 Å². The van der Waals surface area contributed by atoms with Gasteiger partial charge >= 0.3 is 34.1 Å². The van der Waals surface area contributed by atoms with Crippen LogP contribution in [0.25, 0.3) is 22.8 Å². The molecule has 0 saturated heterocycles. The maximum atomic E-state index is 8.25. The van der Waals surface area contributed by atoms with Crippen LogP contribution < -0.4 is 10.2 Å². The molecule has 0 atom stereocenters. The van der Waals surface area contributed by atoms with Crippen LogP contribution >= 0.6 is 0 Å². The summed E-state index contributed by atoms with van der Waals surface area (Å²) < 4.78 is 0. The maximum Gasteiger partial charge on any atom is 2.00 e. The Hall–Kier alpha value is -3.92. The van der Waals surface area contributed by atoms with Crippen molar-refractivity contribution in [2.75, 3.05) is 0 Å². The van der Waals surface area contributed by atoms with Crippen LogP contribution in [0.2, 0.25) is 0 Å². The van der Waals surface area contributed by atoms with Gasteiger partial charge in [0.1, 0.15) is 0 Å². The summed E-state index contributed by atoms with van der Waals surface area (Å²) in [6.07, 6.45) is 6.79. The van der Waals surface area contributed by atoms with Crippen LogP contribution in [0, 0.1) is 30.6 Å². The molecule has 4 aromatic rings. The predicted molar refractivity (Wildman–Crippen MR) is 112 cm³/mol. The summed E-state index contributed by atoms with van der Waals surface area (Å²) in [6.45, 7) is 0. The van der Waals surface area contributed by atoms with Gasteiger partial charge in [0.05, 0.1) is 32.9 Å². The first-order valence-electron chi connectivity index (χ1n) is 7.74. The Balaban J connectivity index is -0.000000187. The molecule has 0 amide bonds. The topological polar surface area (TPSA) is 278 Å². The van der Waals surface area contributed by atoms with Gasteiger partial charge in [-0.15, -0.1) is 0 Å². The molecule has 190 valence electrons. The van der Waals surface area contributed by atoms with Crippen LogP contribution in [0.4, 0.5) is 0 Å². The van der Waals surface area contributed by atoms with Crippen LogP contribution in [-0.4, -0.2) is 30.3 Å². The Morgan fingerprint density at radius 1 is 0.588 bits per heavy atom. The van der Waals surface area contributed by atoms with E-state index in [-0.39, 0.29) is 45.1 Å². The molecule has 18 heteroatoms. The monoisotopic (exact) mass is 576 g/mol. The summed E-state index contributed by atoms with van der Waals surface area (Å²) in [5, 5.41) is 44.7. The second kappa shape index (κ2) is 22.3. The number of nitrogens with zero attached hydrogens (tertiary/aromatic N) is 8. The van der Waals surface area contributed by atoms with Crippen LogP contribution in [-0.2, 0) is 45.1 Å². The molecule has 0 aliphatic carbocycles.